The number of methoxy groups -OCH3 is 1. The maximum Gasteiger partial charge on any atom is 0.411 e. The van der Waals surface area contributed by atoms with Crippen LogP contribution >= 0.6 is 11.6 Å². The van der Waals surface area contributed by atoms with Crippen LogP contribution in [-0.2, 0) is 11.2 Å². The number of pyridine rings is 1. The SMILES string of the molecule is COC(=O)Nc1ccc(-c2cnn(C(Cc3ccccc3)c3ccc(-c4cc(Cl)ccc4-[n+]4cnn[nH]4)cn3)c2)cc1. The number of carbonyl (C=O) groups is 1. The zero-order valence-corrected chi connectivity index (χ0v) is 23.3. The van der Waals surface area contributed by atoms with Gasteiger partial charge in [0.25, 0.3) is 6.33 Å². The van der Waals surface area contributed by atoms with E-state index in [-0.39, 0.29) is 6.04 Å². The highest BCUT2D eigenvalue weighted by atomic mass is 35.5. The molecule has 0 bridgehead atoms. The number of rotatable bonds is 8. The van der Waals surface area contributed by atoms with Gasteiger partial charge in [0.2, 0.25) is 0 Å². The molecule has 0 aliphatic rings. The van der Waals surface area contributed by atoms with Crippen LogP contribution in [0.15, 0.2) is 110 Å². The van der Waals surface area contributed by atoms with E-state index in [0.29, 0.717) is 17.1 Å². The Labute approximate surface area is 246 Å². The van der Waals surface area contributed by atoms with Crippen LogP contribution in [0, 0.1) is 0 Å². The van der Waals surface area contributed by atoms with Gasteiger partial charge in [-0.25, -0.2) is 4.79 Å². The summed E-state index contributed by atoms with van der Waals surface area (Å²) in [5, 5.41) is 18.6. The first-order valence-electron chi connectivity index (χ1n) is 13.1. The summed E-state index contributed by atoms with van der Waals surface area (Å²) in [6.07, 6.45) is 7.49. The minimum Gasteiger partial charge on any atom is -0.453 e. The standard InChI is InChI=1S/C31H25ClN8O2/c1-42-31(41)36-26-11-7-22(8-12-26)24-18-35-39(19-24)30(15-21-5-3-2-4-6-21)28-13-9-23(17-33-28)27-16-25(32)10-14-29(27)40-20-34-37-38-40/h2-14,16-20,30H,15H2,1H3,(H,36,41)/p+1. The molecule has 6 rings (SSSR count). The summed E-state index contributed by atoms with van der Waals surface area (Å²) < 4.78 is 8.34. The van der Waals surface area contributed by atoms with Gasteiger partial charge >= 0.3 is 6.09 Å². The molecule has 1 unspecified atom stereocenters. The van der Waals surface area contributed by atoms with Crippen molar-refractivity contribution in [2.75, 3.05) is 12.4 Å². The Hall–Kier alpha value is -5.35. The normalized spacial score (nSPS) is 11.7. The van der Waals surface area contributed by atoms with Crippen LogP contribution in [0.2, 0.25) is 5.02 Å². The van der Waals surface area contributed by atoms with E-state index in [4.69, 9.17) is 21.7 Å². The van der Waals surface area contributed by atoms with Crippen molar-refractivity contribution in [3.63, 3.8) is 0 Å². The fourth-order valence-electron chi connectivity index (χ4n) is 4.75. The molecule has 1 amide bonds. The Morgan fingerprint density at radius 1 is 1.00 bits per heavy atom. The van der Waals surface area contributed by atoms with Gasteiger partial charge in [-0.05, 0) is 47.5 Å². The van der Waals surface area contributed by atoms with Crippen LogP contribution in [0.1, 0.15) is 17.3 Å². The third kappa shape index (κ3) is 5.89. The van der Waals surface area contributed by atoms with Gasteiger partial charge in [-0.15, -0.1) is 4.68 Å². The number of halogens is 1. The summed E-state index contributed by atoms with van der Waals surface area (Å²) in [6, 6.07) is 27.3. The minimum absolute atomic E-state index is 0.152. The number of hydrogen-bond acceptors (Lipinski definition) is 6. The highest BCUT2D eigenvalue weighted by molar-refractivity contribution is 6.31. The van der Waals surface area contributed by atoms with Crippen LogP contribution in [0.3, 0.4) is 0 Å². The second-order valence-corrected chi connectivity index (χ2v) is 9.98. The van der Waals surface area contributed by atoms with Gasteiger partial charge in [-0.3, -0.25) is 15.0 Å². The fourth-order valence-corrected chi connectivity index (χ4v) is 4.92. The predicted octanol–water partition coefficient (Wildman–Crippen LogP) is 5.67. The number of tetrazole rings is 1. The van der Waals surface area contributed by atoms with E-state index in [1.807, 2.05) is 96.1 Å². The molecule has 3 aromatic heterocycles. The molecule has 42 heavy (non-hydrogen) atoms. The largest absolute Gasteiger partial charge is 0.453 e. The molecular formula is C31H26ClN8O2+. The van der Waals surface area contributed by atoms with Crippen molar-refractivity contribution in [3.05, 3.63) is 126 Å². The van der Waals surface area contributed by atoms with E-state index in [0.717, 1.165) is 33.6 Å². The van der Waals surface area contributed by atoms with Crippen molar-refractivity contribution >= 4 is 23.4 Å². The first-order valence-corrected chi connectivity index (χ1v) is 13.5. The van der Waals surface area contributed by atoms with E-state index in [2.05, 4.69) is 37.7 Å². The molecule has 10 nitrogen and oxygen atoms in total. The van der Waals surface area contributed by atoms with Gasteiger partial charge in [-0.1, -0.05) is 65.3 Å². The Bertz CT molecular complexity index is 1790. The summed E-state index contributed by atoms with van der Waals surface area (Å²) >= 11 is 6.36. The van der Waals surface area contributed by atoms with Crippen molar-refractivity contribution in [2.45, 2.75) is 12.5 Å². The van der Waals surface area contributed by atoms with Crippen molar-refractivity contribution in [1.82, 2.24) is 30.3 Å². The Morgan fingerprint density at radius 2 is 1.81 bits per heavy atom. The lowest BCUT2D eigenvalue weighted by atomic mass is 10.0. The lowest BCUT2D eigenvalue weighted by molar-refractivity contribution is -0.659. The molecule has 0 spiro atoms. The monoisotopic (exact) mass is 577 g/mol. The Balaban J connectivity index is 1.32. The second-order valence-electron chi connectivity index (χ2n) is 9.54. The average Bonchev–Trinajstić information content (AvgIpc) is 3.74. The molecule has 0 radical (unpaired) electrons. The molecule has 3 heterocycles. The van der Waals surface area contributed by atoms with Gasteiger partial charge in [0.15, 0.2) is 5.21 Å². The van der Waals surface area contributed by atoms with E-state index in [1.54, 1.807) is 11.0 Å². The smallest absolute Gasteiger partial charge is 0.411 e. The number of carbonyl (C=O) groups excluding carboxylic acids is 1. The molecule has 0 aliphatic heterocycles. The Morgan fingerprint density at radius 3 is 2.52 bits per heavy atom. The summed E-state index contributed by atoms with van der Waals surface area (Å²) in [7, 11) is 1.33. The zero-order valence-electron chi connectivity index (χ0n) is 22.6. The average molecular weight is 578 g/mol. The zero-order chi connectivity index (χ0) is 28.9. The van der Waals surface area contributed by atoms with E-state index in [9.17, 15) is 4.79 Å². The molecule has 11 heteroatoms. The topological polar surface area (TPSA) is 114 Å². The molecule has 1 atom stereocenters. The minimum atomic E-state index is -0.513. The number of nitrogens with one attached hydrogen (secondary N) is 2. The van der Waals surface area contributed by atoms with Crippen molar-refractivity contribution in [3.8, 4) is 27.9 Å². The van der Waals surface area contributed by atoms with Gasteiger partial charge in [-0.2, -0.15) is 5.10 Å². The molecular weight excluding hydrogens is 552 g/mol. The molecule has 2 N–H and O–H groups in total. The molecule has 208 valence electrons. The maximum absolute atomic E-state index is 11.5. The van der Waals surface area contributed by atoms with E-state index in [1.165, 1.54) is 12.7 Å². The van der Waals surface area contributed by atoms with Crippen LogP contribution in [0.25, 0.3) is 27.9 Å². The van der Waals surface area contributed by atoms with Crippen molar-refractivity contribution in [2.24, 2.45) is 0 Å². The first kappa shape index (κ1) is 26.9. The highest BCUT2D eigenvalue weighted by Gasteiger charge is 2.20. The van der Waals surface area contributed by atoms with Crippen LogP contribution in [0.5, 0.6) is 0 Å². The molecule has 6 aromatic rings. The van der Waals surface area contributed by atoms with Crippen LogP contribution in [0.4, 0.5) is 10.5 Å². The summed E-state index contributed by atoms with van der Waals surface area (Å²) in [4.78, 5) is 16.4. The van der Waals surface area contributed by atoms with E-state index >= 15 is 0 Å². The quantitative estimate of drug-likeness (QED) is 0.225. The highest BCUT2D eigenvalue weighted by Crippen LogP contribution is 2.30. The Kier molecular flexibility index (Phi) is 7.69. The molecule has 0 fully saturated rings. The molecule has 0 saturated heterocycles. The number of benzene rings is 3. The van der Waals surface area contributed by atoms with Crippen molar-refractivity contribution in [1.29, 1.82) is 0 Å². The predicted molar refractivity (Wildman–Crippen MR) is 158 cm³/mol. The summed E-state index contributed by atoms with van der Waals surface area (Å²) in [5.41, 5.74) is 7.25. The third-order valence-corrected chi connectivity index (χ3v) is 7.11. The first-order chi connectivity index (χ1) is 20.6. The molecule has 0 saturated carbocycles. The number of ether oxygens (including phenoxy) is 1. The van der Waals surface area contributed by atoms with Gasteiger partial charge in [0.05, 0.1) is 25.0 Å². The second kappa shape index (κ2) is 12.0. The van der Waals surface area contributed by atoms with Crippen LogP contribution < -0.4 is 10.00 Å². The number of nitrogens with zero attached hydrogens (tertiary/aromatic N) is 6. The van der Waals surface area contributed by atoms with Gasteiger partial charge in [0.1, 0.15) is 10.8 Å². The van der Waals surface area contributed by atoms with Gasteiger partial charge < -0.3 is 4.74 Å². The van der Waals surface area contributed by atoms with Gasteiger partial charge in [0, 0.05) is 46.2 Å². The number of aromatic nitrogens is 7. The lowest BCUT2D eigenvalue weighted by Gasteiger charge is -2.18. The number of amides is 1. The lowest BCUT2D eigenvalue weighted by Crippen LogP contribution is -2.32. The third-order valence-electron chi connectivity index (χ3n) is 6.88. The number of aromatic amines is 1. The number of H-pyrrole nitrogens is 1. The number of hydrogen-bond donors (Lipinski definition) is 2. The van der Waals surface area contributed by atoms with E-state index < -0.39 is 6.09 Å². The molecule has 3 aromatic carbocycles. The van der Waals surface area contributed by atoms with Crippen molar-refractivity contribution < 1.29 is 14.2 Å². The number of anilines is 1. The van der Waals surface area contributed by atoms with Crippen LogP contribution in [-0.4, -0.2) is 43.5 Å². The summed E-state index contributed by atoms with van der Waals surface area (Å²) in [5.74, 6) is 0. The maximum atomic E-state index is 11.5. The molecule has 0 aliphatic carbocycles. The fraction of sp³-hybridized carbons (Fsp3) is 0.0968. The summed E-state index contributed by atoms with van der Waals surface area (Å²) in [6.45, 7) is 0.